The molecule has 2 aliphatic heterocycles. The number of fused-ring (bicyclic) bond motifs is 2. The van der Waals surface area contributed by atoms with Gasteiger partial charge in [0.1, 0.15) is 11.6 Å². The Bertz CT molecular complexity index is 1410. The third kappa shape index (κ3) is 5.21. The van der Waals surface area contributed by atoms with E-state index in [0.717, 1.165) is 6.20 Å². The molecule has 1 fully saturated rings. The zero-order valence-corrected chi connectivity index (χ0v) is 21.4. The lowest BCUT2D eigenvalue weighted by molar-refractivity contribution is -0.00949. The highest BCUT2D eigenvalue weighted by molar-refractivity contribution is 5.96. The summed E-state index contributed by atoms with van der Waals surface area (Å²) in [5, 5.41) is 4.33. The quantitative estimate of drug-likeness (QED) is 0.324. The summed E-state index contributed by atoms with van der Waals surface area (Å²) in [5.74, 6) is -2.36. The fourth-order valence-corrected chi connectivity index (χ4v) is 5.42. The first kappa shape index (κ1) is 26.3. The van der Waals surface area contributed by atoms with Crippen LogP contribution in [-0.4, -0.2) is 52.2 Å². The number of hydrogen-bond acceptors (Lipinski definition) is 7. The van der Waals surface area contributed by atoms with E-state index in [1.54, 1.807) is 43.0 Å². The topological polar surface area (TPSA) is 100.0 Å². The third-order valence-corrected chi connectivity index (χ3v) is 6.88. The Morgan fingerprint density at radius 1 is 1.08 bits per heavy atom. The fourth-order valence-electron chi connectivity index (χ4n) is 5.42. The molecule has 5 rings (SSSR count). The summed E-state index contributed by atoms with van der Waals surface area (Å²) in [5.41, 5.74) is 0.310. The van der Waals surface area contributed by atoms with E-state index in [1.165, 1.54) is 28.9 Å². The van der Waals surface area contributed by atoms with Gasteiger partial charge in [-0.2, -0.15) is 5.10 Å². The smallest absolute Gasteiger partial charge is 0.451 e. The summed E-state index contributed by atoms with van der Waals surface area (Å²) in [6.07, 6.45) is 0.934. The normalized spacial score (nSPS) is 18.2. The predicted octanol–water partition coefficient (Wildman–Crippen LogP) is 4.41. The van der Waals surface area contributed by atoms with Gasteiger partial charge in [0, 0.05) is 12.5 Å². The molecule has 204 valence electrons. The number of hydrogen-bond donors (Lipinski definition) is 0. The van der Waals surface area contributed by atoms with Crippen molar-refractivity contribution in [3.8, 4) is 5.75 Å². The van der Waals surface area contributed by atoms with Gasteiger partial charge in [-0.05, 0) is 62.1 Å². The van der Waals surface area contributed by atoms with Gasteiger partial charge in [-0.3, -0.25) is 14.3 Å². The first-order valence-corrected chi connectivity index (χ1v) is 12.6. The maximum Gasteiger partial charge on any atom is 0.511 e. The van der Waals surface area contributed by atoms with Gasteiger partial charge in [0.2, 0.25) is 18.0 Å². The van der Waals surface area contributed by atoms with Crippen LogP contribution in [0.25, 0.3) is 0 Å². The molecule has 9 nitrogen and oxygen atoms in total. The van der Waals surface area contributed by atoms with E-state index in [1.807, 2.05) is 0 Å². The Balaban J connectivity index is 1.63. The van der Waals surface area contributed by atoms with Crippen LogP contribution in [-0.2, 0) is 9.47 Å². The Hall–Kier alpha value is -4.28. The van der Waals surface area contributed by atoms with Crippen molar-refractivity contribution in [3.63, 3.8) is 0 Å². The highest BCUT2D eigenvalue weighted by Gasteiger charge is 2.48. The van der Waals surface area contributed by atoms with E-state index in [0.29, 0.717) is 30.5 Å². The zero-order chi connectivity index (χ0) is 27.7. The number of halogens is 2. The fraction of sp³-hybridized carbons (Fsp3) is 0.357. The van der Waals surface area contributed by atoms with E-state index in [-0.39, 0.29) is 17.5 Å². The van der Waals surface area contributed by atoms with Gasteiger partial charge in [0.05, 0.1) is 24.4 Å². The lowest BCUT2D eigenvalue weighted by atomic mass is 9.80. The SMILES string of the molecule is CC(C)OC(=O)OCOc1c2n(ncc1=O)[C@@H](C(c1cccc(F)c1)c1cccc(F)c1)[C@H]1CCCN1C2=O. The van der Waals surface area contributed by atoms with Gasteiger partial charge >= 0.3 is 6.16 Å². The maximum absolute atomic E-state index is 14.4. The largest absolute Gasteiger partial charge is 0.511 e. The molecular weight excluding hydrogens is 512 g/mol. The number of amides is 1. The molecule has 1 amide bonds. The van der Waals surface area contributed by atoms with Crippen LogP contribution in [0.4, 0.5) is 13.6 Å². The molecule has 0 radical (unpaired) electrons. The molecule has 0 N–H and O–H groups in total. The summed E-state index contributed by atoms with van der Waals surface area (Å²) in [4.78, 5) is 39.9. The van der Waals surface area contributed by atoms with E-state index < -0.39 is 54.0 Å². The third-order valence-electron chi connectivity index (χ3n) is 6.88. The molecule has 2 atom stereocenters. The minimum atomic E-state index is -0.992. The molecular formula is C28H27F2N3O6. The molecule has 2 aliphatic rings. The lowest BCUT2D eigenvalue weighted by Crippen LogP contribution is -2.51. The number of nitrogens with zero attached hydrogens (tertiary/aromatic N) is 3. The summed E-state index contributed by atoms with van der Waals surface area (Å²) >= 11 is 0. The van der Waals surface area contributed by atoms with Crippen molar-refractivity contribution in [2.45, 2.75) is 50.8 Å². The predicted molar refractivity (Wildman–Crippen MR) is 134 cm³/mol. The van der Waals surface area contributed by atoms with Crippen LogP contribution in [0.15, 0.2) is 59.5 Å². The first-order chi connectivity index (χ1) is 18.7. The van der Waals surface area contributed by atoms with Crippen LogP contribution in [0.2, 0.25) is 0 Å². The number of ether oxygens (including phenoxy) is 3. The van der Waals surface area contributed by atoms with E-state index >= 15 is 0 Å². The Morgan fingerprint density at radius 2 is 1.74 bits per heavy atom. The molecule has 11 heteroatoms. The summed E-state index contributed by atoms with van der Waals surface area (Å²) in [7, 11) is 0. The van der Waals surface area contributed by atoms with E-state index in [4.69, 9.17) is 14.2 Å². The molecule has 0 unspecified atom stereocenters. The molecule has 1 saturated heterocycles. The van der Waals surface area contributed by atoms with Crippen molar-refractivity contribution < 1.29 is 32.6 Å². The van der Waals surface area contributed by atoms with Gasteiger partial charge in [-0.1, -0.05) is 24.3 Å². The number of carbonyl (C=O) groups excluding carboxylic acids is 2. The van der Waals surface area contributed by atoms with Crippen molar-refractivity contribution in [2.75, 3.05) is 13.3 Å². The standard InChI is InChI=1S/C28H27F2N3O6/c1-16(2)39-28(36)38-15-37-26-22(34)14-31-33-24(21-10-5-11-32(21)27(35)25(26)33)23(17-6-3-8-19(29)12-17)18-7-4-9-20(30)13-18/h3-4,6-9,12-14,16,21,23-24H,5,10-11,15H2,1-2H3/t21-,24-/m1/s1. The molecule has 0 saturated carbocycles. The van der Waals surface area contributed by atoms with Crippen LogP contribution in [0.3, 0.4) is 0 Å². The summed E-state index contributed by atoms with van der Waals surface area (Å²) in [6.45, 7) is 3.05. The van der Waals surface area contributed by atoms with Crippen LogP contribution in [0.5, 0.6) is 5.75 Å². The molecule has 3 aromatic rings. The van der Waals surface area contributed by atoms with Gasteiger partial charge in [0.25, 0.3) is 5.91 Å². The van der Waals surface area contributed by atoms with Crippen molar-refractivity contribution in [3.05, 3.63) is 93.4 Å². The van der Waals surface area contributed by atoms with Crippen LogP contribution < -0.4 is 10.2 Å². The average molecular weight is 540 g/mol. The molecule has 2 aromatic carbocycles. The molecule has 3 heterocycles. The maximum atomic E-state index is 14.4. The van der Waals surface area contributed by atoms with Crippen molar-refractivity contribution in [1.82, 2.24) is 14.7 Å². The van der Waals surface area contributed by atoms with E-state index in [2.05, 4.69) is 5.10 Å². The van der Waals surface area contributed by atoms with Crippen molar-refractivity contribution in [1.29, 1.82) is 0 Å². The number of aromatic nitrogens is 2. The number of carbonyl (C=O) groups is 2. The van der Waals surface area contributed by atoms with E-state index in [9.17, 15) is 23.2 Å². The lowest BCUT2D eigenvalue weighted by Gasteiger charge is -2.42. The second-order valence-corrected chi connectivity index (χ2v) is 9.74. The van der Waals surface area contributed by atoms with Gasteiger partial charge in [-0.25, -0.2) is 13.6 Å². The summed E-state index contributed by atoms with van der Waals surface area (Å²) in [6, 6.07) is 11.0. The Kier molecular flexibility index (Phi) is 7.32. The number of rotatable bonds is 7. The highest BCUT2D eigenvalue weighted by Crippen LogP contribution is 2.46. The Labute approximate surface area is 222 Å². The van der Waals surface area contributed by atoms with Gasteiger partial charge in [0.15, 0.2) is 5.69 Å². The monoisotopic (exact) mass is 539 g/mol. The van der Waals surface area contributed by atoms with Gasteiger partial charge in [-0.15, -0.1) is 0 Å². The molecule has 0 aliphatic carbocycles. The Morgan fingerprint density at radius 3 is 2.36 bits per heavy atom. The molecule has 39 heavy (non-hydrogen) atoms. The first-order valence-electron chi connectivity index (χ1n) is 12.6. The average Bonchev–Trinajstić information content (AvgIpc) is 3.37. The summed E-state index contributed by atoms with van der Waals surface area (Å²) < 4.78 is 45.6. The number of benzene rings is 2. The van der Waals surface area contributed by atoms with Crippen LogP contribution in [0.1, 0.15) is 60.3 Å². The van der Waals surface area contributed by atoms with Gasteiger partial charge < -0.3 is 19.1 Å². The highest BCUT2D eigenvalue weighted by atomic mass is 19.1. The van der Waals surface area contributed by atoms with Crippen LogP contribution in [0, 0.1) is 11.6 Å². The van der Waals surface area contributed by atoms with Crippen molar-refractivity contribution >= 4 is 12.1 Å². The van der Waals surface area contributed by atoms with Crippen molar-refractivity contribution in [2.24, 2.45) is 0 Å². The van der Waals surface area contributed by atoms with Crippen LogP contribution >= 0.6 is 0 Å². The second-order valence-electron chi connectivity index (χ2n) is 9.74. The molecule has 0 bridgehead atoms. The minimum absolute atomic E-state index is 0.121. The second kappa shape index (κ2) is 10.8. The zero-order valence-electron chi connectivity index (χ0n) is 21.4. The molecule has 0 spiro atoms. The molecule has 1 aromatic heterocycles. The minimum Gasteiger partial charge on any atom is -0.451 e.